The molecule has 0 radical (unpaired) electrons. The van der Waals surface area contributed by atoms with Crippen LogP contribution in [0.5, 0.6) is 0 Å². The predicted molar refractivity (Wildman–Crippen MR) is 58.2 cm³/mol. The molecule has 1 fully saturated rings. The number of carbonyl (C=O) groups is 1. The standard InChI is InChI=1S/C11H22N2O/c1-9(13(4)11-5-6-11)7-8-12(3)10(2)14/h9,11H,5-8H2,1-4H3. The van der Waals surface area contributed by atoms with Gasteiger partial charge in [0, 0.05) is 32.6 Å². The third-order valence-electron chi connectivity index (χ3n) is 3.24. The van der Waals surface area contributed by atoms with Gasteiger partial charge in [0.15, 0.2) is 0 Å². The molecule has 0 saturated heterocycles. The molecule has 1 rings (SSSR count). The van der Waals surface area contributed by atoms with Crippen LogP contribution < -0.4 is 0 Å². The Hall–Kier alpha value is -0.570. The Morgan fingerprint density at radius 3 is 2.43 bits per heavy atom. The van der Waals surface area contributed by atoms with Crippen molar-refractivity contribution in [3.05, 3.63) is 0 Å². The van der Waals surface area contributed by atoms with E-state index in [0.29, 0.717) is 6.04 Å². The van der Waals surface area contributed by atoms with Crippen molar-refractivity contribution in [3.63, 3.8) is 0 Å². The van der Waals surface area contributed by atoms with Crippen molar-refractivity contribution in [2.24, 2.45) is 0 Å². The van der Waals surface area contributed by atoms with Crippen LogP contribution in [0, 0.1) is 0 Å². The van der Waals surface area contributed by atoms with Gasteiger partial charge in [-0.05, 0) is 33.2 Å². The average Bonchev–Trinajstić information content (AvgIpc) is 2.95. The van der Waals surface area contributed by atoms with E-state index in [1.54, 1.807) is 11.8 Å². The molecule has 1 atom stereocenters. The van der Waals surface area contributed by atoms with E-state index < -0.39 is 0 Å². The molecule has 3 heteroatoms. The number of nitrogens with zero attached hydrogens (tertiary/aromatic N) is 2. The maximum atomic E-state index is 11.0. The van der Waals surface area contributed by atoms with Crippen LogP contribution in [-0.2, 0) is 4.79 Å². The summed E-state index contributed by atoms with van der Waals surface area (Å²) in [6.45, 7) is 4.73. The lowest BCUT2D eigenvalue weighted by atomic mass is 10.2. The molecular formula is C11H22N2O. The third-order valence-corrected chi connectivity index (χ3v) is 3.24. The monoisotopic (exact) mass is 198 g/mol. The highest BCUT2D eigenvalue weighted by molar-refractivity contribution is 5.72. The molecule has 0 bridgehead atoms. The number of rotatable bonds is 5. The first-order valence-electron chi connectivity index (χ1n) is 5.46. The van der Waals surface area contributed by atoms with Gasteiger partial charge in [0.2, 0.25) is 5.91 Å². The lowest BCUT2D eigenvalue weighted by molar-refractivity contribution is -0.127. The average molecular weight is 198 g/mol. The molecule has 1 amide bonds. The Morgan fingerprint density at radius 2 is 2.00 bits per heavy atom. The lowest BCUT2D eigenvalue weighted by Crippen LogP contribution is -2.35. The summed E-state index contributed by atoms with van der Waals surface area (Å²) >= 11 is 0. The summed E-state index contributed by atoms with van der Waals surface area (Å²) in [5.41, 5.74) is 0. The largest absolute Gasteiger partial charge is 0.346 e. The molecule has 14 heavy (non-hydrogen) atoms. The van der Waals surface area contributed by atoms with Crippen LogP contribution in [0.1, 0.15) is 33.1 Å². The Labute approximate surface area is 87.1 Å². The van der Waals surface area contributed by atoms with E-state index in [9.17, 15) is 4.79 Å². The topological polar surface area (TPSA) is 23.6 Å². The van der Waals surface area contributed by atoms with Crippen molar-refractivity contribution >= 4 is 5.91 Å². The first-order valence-corrected chi connectivity index (χ1v) is 5.46. The van der Waals surface area contributed by atoms with Crippen molar-refractivity contribution in [1.82, 2.24) is 9.80 Å². The summed E-state index contributed by atoms with van der Waals surface area (Å²) in [5.74, 6) is 0.159. The number of amides is 1. The summed E-state index contributed by atoms with van der Waals surface area (Å²) < 4.78 is 0. The zero-order valence-electron chi connectivity index (χ0n) is 9.79. The molecule has 1 aliphatic rings. The molecular weight excluding hydrogens is 176 g/mol. The van der Waals surface area contributed by atoms with Gasteiger partial charge in [0.25, 0.3) is 0 Å². The Morgan fingerprint density at radius 1 is 1.43 bits per heavy atom. The maximum Gasteiger partial charge on any atom is 0.219 e. The quantitative estimate of drug-likeness (QED) is 0.665. The van der Waals surface area contributed by atoms with E-state index in [4.69, 9.17) is 0 Å². The fraction of sp³-hybridized carbons (Fsp3) is 0.909. The second kappa shape index (κ2) is 4.78. The molecule has 1 unspecified atom stereocenters. The highest BCUT2D eigenvalue weighted by Crippen LogP contribution is 2.27. The van der Waals surface area contributed by atoms with Gasteiger partial charge < -0.3 is 9.80 Å². The Bertz CT molecular complexity index is 201. The van der Waals surface area contributed by atoms with Gasteiger partial charge in [-0.2, -0.15) is 0 Å². The van der Waals surface area contributed by atoms with Crippen LogP contribution in [0.4, 0.5) is 0 Å². The van der Waals surface area contributed by atoms with Gasteiger partial charge >= 0.3 is 0 Å². The van der Waals surface area contributed by atoms with E-state index in [1.807, 2.05) is 7.05 Å². The first-order chi connectivity index (χ1) is 6.52. The molecule has 0 aromatic carbocycles. The highest BCUT2D eigenvalue weighted by atomic mass is 16.2. The van der Waals surface area contributed by atoms with Crippen LogP contribution in [0.2, 0.25) is 0 Å². The summed E-state index contributed by atoms with van der Waals surface area (Å²) in [6.07, 6.45) is 3.77. The van der Waals surface area contributed by atoms with Gasteiger partial charge in [-0.1, -0.05) is 0 Å². The van der Waals surface area contributed by atoms with Crippen molar-refractivity contribution < 1.29 is 4.79 Å². The van der Waals surface area contributed by atoms with Crippen LogP contribution in [-0.4, -0.2) is 48.4 Å². The molecule has 0 heterocycles. The molecule has 0 aromatic rings. The van der Waals surface area contributed by atoms with Crippen LogP contribution >= 0.6 is 0 Å². The molecule has 3 nitrogen and oxygen atoms in total. The Kier molecular flexibility index (Phi) is 3.93. The van der Waals surface area contributed by atoms with Gasteiger partial charge in [0.05, 0.1) is 0 Å². The molecule has 82 valence electrons. The number of hydrogen-bond acceptors (Lipinski definition) is 2. The normalized spacial score (nSPS) is 18.4. The number of hydrogen-bond donors (Lipinski definition) is 0. The van der Waals surface area contributed by atoms with Crippen LogP contribution in [0.25, 0.3) is 0 Å². The SMILES string of the molecule is CC(=O)N(C)CCC(C)N(C)C1CC1. The summed E-state index contributed by atoms with van der Waals surface area (Å²) in [5, 5.41) is 0. The van der Waals surface area contributed by atoms with Crippen molar-refractivity contribution in [2.75, 3.05) is 20.6 Å². The summed E-state index contributed by atoms with van der Waals surface area (Å²) in [6, 6.07) is 1.40. The van der Waals surface area contributed by atoms with E-state index in [1.165, 1.54) is 12.8 Å². The van der Waals surface area contributed by atoms with Crippen LogP contribution in [0.3, 0.4) is 0 Å². The minimum atomic E-state index is 0.159. The minimum Gasteiger partial charge on any atom is -0.346 e. The van der Waals surface area contributed by atoms with Crippen molar-refractivity contribution in [2.45, 2.75) is 45.2 Å². The smallest absolute Gasteiger partial charge is 0.219 e. The molecule has 0 spiro atoms. The molecule has 0 aliphatic heterocycles. The Balaban J connectivity index is 2.19. The van der Waals surface area contributed by atoms with E-state index in [-0.39, 0.29) is 5.91 Å². The lowest BCUT2D eigenvalue weighted by Gasteiger charge is -2.26. The summed E-state index contributed by atoms with van der Waals surface area (Å²) in [4.78, 5) is 15.2. The summed E-state index contributed by atoms with van der Waals surface area (Å²) in [7, 11) is 4.06. The van der Waals surface area contributed by atoms with Gasteiger partial charge in [0.1, 0.15) is 0 Å². The zero-order valence-corrected chi connectivity index (χ0v) is 9.79. The van der Waals surface area contributed by atoms with Gasteiger partial charge in [-0.25, -0.2) is 0 Å². The fourth-order valence-corrected chi connectivity index (χ4v) is 1.58. The molecule has 0 aromatic heterocycles. The van der Waals surface area contributed by atoms with Gasteiger partial charge in [-0.3, -0.25) is 4.79 Å². The molecule has 0 N–H and O–H groups in total. The minimum absolute atomic E-state index is 0.159. The maximum absolute atomic E-state index is 11.0. The van der Waals surface area contributed by atoms with Crippen molar-refractivity contribution in [3.8, 4) is 0 Å². The molecule has 1 aliphatic carbocycles. The number of carbonyl (C=O) groups excluding carboxylic acids is 1. The zero-order chi connectivity index (χ0) is 10.7. The van der Waals surface area contributed by atoms with E-state index in [0.717, 1.165) is 19.0 Å². The van der Waals surface area contributed by atoms with Gasteiger partial charge in [-0.15, -0.1) is 0 Å². The second-order valence-corrected chi connectivity index (χ2v) is 4.47. The third kappa shape index (κ3) is 3.29. The highest BCUT2D eigenvalue weighted by Gasteiger charge is 2.28. The second-order valence-electron chi connectivity index (χ2n) is 4.47. The van der Waals surface area contributed by atoms with Crippen LogP contribution in [0.15, 0.2) is 0 Å². The molecule has 1 saturated carbocycles. The van der Waals surface area contributed by atoms with Crippen molar-refractivity contribution in [1.29, 1.82) is 0 Å². The first kappa shape index (κ1) is 11.5. The van der Waals surface area contributed by atoms with E-state index in [2.05, 4.69) is 18.9 Å². The van der Waals surface area contributed by atoms with E-state index >= 15 is 0 Å². The fourth-order valence-electron chi connectivity index (χ4n) is 1.58. The predicted octanol–water partition coefficient (Wildman–Crippen LogP) is 1.34.